The van der Waals surface area contributed by atoms with Crippen molar-refractivity contribution < 1.29 is 24.3 Å². The van der Waals surface area contributed by atoms with Gasteiger partial charge in [0.05, 0.1) is 11.1 Å². The number of phenolic OH excluding ortho intramolecular Hbond substituents is 1. The molecule has 0 fully saturated rings. The van der Waals surface area contributed by atoms with E-state index in [9.17, 15) is 20.0 Å². The number of benzene rings is 3. The number of aromatic hydroxyl groups is 1. The lowest BCUT2D eigenvalue weighted by Crippen LogP contribution is -2.42. The van der Waals surface area contributed by atoms with E-state index in [-0.39, 0.29) is 23.6 Å². The van der Waals surface area contributed by atoms with E-state index >= 15 is 0 Å². The lowest BCUT2D eigenvalue weighted by atomic mass is 10.1. The van der Waals surface area contributed by atoms with Crippen LogP contribution in [0.4, 0.5) is 5.69 Å². The number of hydrazone groups is 1. The molecular formula is C20H15N3O6. The average molecular weight is 393 g/mol. The molecule has 1 aliphatic heterocycles. The van der Waals surface area contributed by atoms with E-state index < -0.39 is 16.9 Å². The number of amides is 1. The predicted octanol–water partition coefficient (Wildman–Crippen LogP) is 2.74. The van der Waals surface area contributed by atoms with Crippen LogP contribution in [0.2, 0.25) is 0 Å². The standard InChI is InChI=1S/C20H15N3O6/c24-16-6-5-15(23(26)27)7-14(16)10-21-22-20(25)19-11-28-17-8-12-3-1-2-4-13(12)9-18(17)29-19/h1-10,19,24H,11H2,(H,22,25)/b21-10+/t19-/m1/s1. The fourth-order valence-electron chi connectivity index (χ4n) is 2.88. The van der Waals surface area contributed by atoms with Gasteiger partial charge in [-0.15, -0.1) is 0 Å². The number of phenols is 1. The lowest BCUT2D eigenvalue weighted by molar-refractivity contribution is -0.384. The van der Waals surface area contributed by atoms with Crippen LogP contribution in [0.15, 0.2) is 59.7 Å². The molecule has 0 saturated carbocycles. The summed E-state index contributed by atoms with van der Waals surface area (Å²) in [5, 5.41) is 26.3. The van der Waals surface area contributed by atoms with Crippen LogP contribution in [0.5, 0.6) is 17.2 Å². The highest BCUT2D eigenvalue weighted by atomic mass is 16.6. The molecule has 0 aromatic heterocycles. The van der Waals surface area contributed by atoms with E-state index in [1.165, 1.54) is 12.1 Å². The van der Waals surface area contributed by atoms with Crippen molar-refractivity contribution in [1.29, 1.82) is 0 Å². The Balaban J connectivity index is 1.45. The van der Waals surface area contributed by atoms with Gasteiger partial charge in [0.1, 0.15) is 12.4 Å². The summed E-state index contributed by atoms with van der Waals surface area (Å²) >= 11 is 0. The topological polar surface area (TPSA) is 123 Å². The summed E-state index contributed by atoms with van der Waals surface area (Å²) in [4.78, 5) is 22.5. The Kier molecular flexibility index (Phi) is 4.70. The number of rotatable bonds is 4. The molecular weight excluding hydrogens is 378 g/mol. The molecule has 9 nitrogen and oxygen atoms in total. The largest absolute Gasteiger partial charge is 0.507 e. The van der Waals surface area contributed by atoms with Crippen LogP contribution in [0.3, 0.4) is 0 Å². The molecule has 0 bridgehead atoms. The third-order valence-corrected chi connectivity index (χ3v) is 4.36. The summed E-state index contributed by atoms with van der Waals surface area (Å²) in [6.45, 7) is 0.00868. The predicted molar refractivity (Wildman–Crippen MR) is 104 cm³/mol. The van der Waals surface area contributed by atoms with Gasteiger partial charge in [0, 0.05) is 17.7 Å². The number of carbonyl (C=O) groups is 1. The van der Waals surface area contributed by atoms with Gasteiger partial charge in [0.25, 0.3) is 11.6 Å². The lowest BCUT2D eigenvalue weighted by Gasteiger charge is -2.25. The van der Waals surface area contributed by atoms with E-state index in [1.807, 2.05) is 30.3 Å². The Labute approximate surface area is 164 Å². The van der Waals surface area contributed by atoms with Crippen LogP contribution < -0.4 is 14.9 Å². The molecule has 29 heavy (non-hydrogen) atoms. The number of fused-ring (bicyclic) bond motifs is 2. The van der Waals surface area contributed by atoms with Crippen molar-refractivity contribution in [3.63, 3.8) is 0 Å². The van der Waals surface area contributed by atoms with Gasteiger partial charge >= 0.3 is 0 Å². The molecule has 3 aromatic rings. The van der Waals surface area contributed by atoms with Crippen LogP contribution in [0.25, 0.3) is 10.8 Å². The zero-order valence-corrected chi connectivity index (χ0v) is 14.9. The SMILES string of the molecule is O=C(N/N=C/c1cc([N+](=O)[O-])ccc1O)[C@H]1COc2cc3ccccc3cc2O1. The molecule has 0 spiro atoms. The second kappa shape index (κ2) is 7.47. The first kappa shape index (κ1) is 18.2. The van der Waals surface area contributed by atoms with Crippen molar-refractivity contribution in [2.45, 2.75) is 6.10 Å². The molecule has 1 atom stereocenters. The van der Waals surface area contributed by atoms with Gasteiger partial charge in [-0.3, -0.25) is 14.9 Å². The minimum absolute atomic E-state index is 0.00868. The van der Waals surface area contributed by atoms with Gasteiger partial charge in [-0.05, 0) is 29.0 Å². The molecule has 0 radical (unpaired) electrons. The van der Waals surface area contributed by atoms with Crippen molar-refractivity contribution >= 4 is 28.6 Å². The fourth-order valence-corrected chi connectivity index (χ4v) is 2.88. The number of carbonyl (C=O) groups excluding carboxylic acids is 1. The molecule has 9 heteroatoms. The molecule has 146 valence electrons. The summed E-state index contributed by atoms with van der Waals surface area (Å²) < 4.78 is 11.4. The Bertz CT molecular complexity index is 1140. The molecule has 1 heterocycles. The minimum Gasteiger partial charge on any atom is -0.507 e. The second-order valence-corrected chi connectivity index (χ2v) is 6.30. The summed E-state index contributed by atoms with van der Waals surface area (Å²) in [5.41, 5.74) is 2.18. The van der Waals surface area contributed by atoms with Crippen LogP contribution in [-0.2, 0) is 4.79 Å². The fraction of sp³-hybridized carbons (Fsp3) is 0.100. The number of nitrogens with one attached hydrogen (secondary N) is 1. The second-order valence-electron chi connectivity index (χ2n) is 6.30. The highest BCUT2D eigenvalue weighted by Gasteiger charge is 2.27. The van der Waals surface area contributed by atoms with Crippen LogP contribution in [0.1, 0.15) is 5.56 Å². The molecule has 0 unspecified atom stereocenters. The van der Waals surface area contributed by atoms with E-state index in [0.717, 1.165) is 23.1 Å². The van der Waals surface area contributed by atoms with Crippen molar-refractivity contribution in [2.24, 2.45) is 5.10 Å². The third-order valence-electron chi connectivity index (χ3n) is 4.36. The number of hydrogen-bond acceptors (Lipinski definition) is 7. The summed E-state index contributed by atoms with van der Waals surface area (Å²) in [5.74, 6) is 0.254. The quantitative estimate of drug-likeness (QED) is 0.399. The Morgan fingerprint density at radius 3 is 2.62 bits per heavy atom. The average Bonchev–Trinajstić information content (AvgIpc) is 2.72. The first-order valence-corrected chi connectivity index (χ1v) is 8.64. The zero-order valence-electron chi connectivity index (χ0n) is 14.9. The van der Waals surface area contributed by atoms with Crippen LogP contribution in [0, 0.1) is 10.1 Å². The number of ether oxygens (including phenoxy) is 2. The summed E-state index contributed by atoms with van der Waals surface area (Å²) in [7, 11) is 0. The third kappa shape index (κ3) is 3.79. The molecule has 4 rings (SSSR count). The van der Waals surface area contributed by atoms with Crippen molar-refractivity contribution in [1.82, 2.24) is 5.43 Å². The number of non-ortho nitro benzene ring substituents is 1. The smallest absolute Gasteiger partial charge is 0.284 e. The monoisotopic (exact) mass is 393 g/mol. The molecule has 0 aliphatic carbocycles. The van der Waals surface area contributed by atoms with Crippen LogP contribution in [-0.4, -0.2) is 34.9 Å². The highest BCUT2D eigenvalue weighted by Crippen LogP contribution is 2.35. The van der Waals surface area contributed by atoms with Crippen molar-refractivity contribution in [2.75, 3.05) is 6.61 Å². The molecule has 1 aliphatic rings. The number of nitro groups is 1. The summed E-state index contributed by atoms with van der Waals surface area (Å²) in [6, 6.07) is 14.9. The minimum atomic E-state index is -0.917. The van der Waals surface area contributed by atoms with Gasteiger partial charge in [0.15, 0.2) is 11.5 Å². The van der Waals surface area contributed by atoms with Gasteiger partial charge in [-0.2, -0.15) is 5.10 Å². The Morgan fingerprint density at radius 2 is 1.90 bits per heavy atom. The number of nitro benzene ring substituents is 1. The molecule has 0 saturated heterocycles. The van der Waals surface area contributed by atoms with Gasteiger partial charge in [-0.1, -0.05) is 24.3 Å². The van der Waals surface area contributed by atoms with Crippen LogP contribution >= 0.6 is 0 Å². The maximum Gasteiger partial charge on any atom is 0.284 e. The maximum atomic E-state index is 12.3. The molecule has 3 aromatic carbocycles. The van der Waals surface area contributed by atoms with E-state index in [0.29, 0.717) is 11.5 Å². The van der Waals surface area contributed by atoms with Crippen molar-refractivity contribution in [3.8, 4) is 17.2 Å². The molecule has 2 N–H and O–H groups in total. The first-order chi connectivity index (χ1) is 14.0. The zero-order chi connectivity index (χ0) is 20.4. The van der Waals surface area contributed by atoms with Crippen molar-refractivity contribution in [3.05, 3.63) is 70.3 Å². The van der Waals surface area contributed by atoms with Gasteiger partial charge in [-0.25, -0.2) is 5.43 Å². The van der Waals surface area contributed by atoms with E-state index in [4.69, 9.17) is 9.47 Å². The molecule has 1 amide bonds. The Morgan fingerprint density at radius 1 is 1.17 bits per heavy atom. The van der Waals surface area contributed by atoms with E-state index in [1.54, 1.807) is 6.07 Å². The highest BCUT2D eigenvalue weighted by molar-refractivity contribution is 5.88. The first-order valence-electron chi connectivity index (χ1n) is 8.64. The Hall–Kier alpha value is -4.14. The number of nitrogens with zero attached hydrogens (tertiary/aromatic N) is 2. The maximum absolute atomic E-state index is 12.3. The van der Waals surface area contributed by atoms with Gasteiger partial charge < -0.3 is 14.6 Å². The van der Waals surface area contributed by atoms with E-state index in [2.05, 4.69) is 10.5 Å². The van der Waals surface area contributed by atoms with Gasteiger partial charge in [0.2, 0.25) is 6.10 Å². The number of hydrogen-bond donors (Lipinski definition) is 2. The normalized spacial score (nSPS) is 15.4. The summed E-state index contributed by atoms with van der Waals surface area (Å²) in [6.07, 6.45) is 0.199.